The van der Waals surface area contributed by atoms with Crippen molar-refractivity contribution in [1.82, 2.24) is 5.32 Å². The highest BCUT2D eigenvalue weighted by Gasteiger charge is 2.30. The molecule has 0 aromatic heterocycles. The summed E-state index contributed by atoms with van der Waals surface area (Å²) in [4.78, 5) is 25.7. The first-order valence-corrected chi connectivity index (χ1v) is 12.4. The van der Waals surface area contributed by atoms with Crippen LogP contribution in [-0.4, -0.2) is 51.8 Å². The molecule has 0 spiro atoms. The van der Waals surface area contributed by atoms with E-state index >= 15 is 0 Å². The molecule has 9 heteroatoms. The predicted molar refractivity (Wildman–Crippen MR) is 124 cm³/mol. The Kier molecular flexibility index (Phi) is 7.52. The molecule has 0 bridgehead atoms. The summed E-state index contributed by atoms with van der Waals surface area (Å²) >= 11 is 0. The van der Waals surface area contributed by atoms with Crippen molar-refractivity contribution in [2.24, 2.45) is 0 Å². The molecule has 0 aliphatic carbocycles. The Morgan fingerprint density at radius 1 is 1.16 bits per heavy atom. The number of nitrogens with one attached hydrogen (secondary N) is 2. The van der Waals surface area contributed by atoms with Crippen LogP contribution in [0.25, 0.3) is 0 Å². The van der Waals surface area contributed by atoms with E-state index in [0.717, 1.165) is 29.0 Å². The Hall–Kier alpha value is -2.91. The lowest BCUT2D eigenvalue weighted by atomic mass is 10.1. The molecule has 32 heavy (non-hydrogen) atoms. The second-order valence-electron chi connectivity index (χ2n) is 7.95. The van der Waals surface area contributed by atoms with Gasteiger partial charge in [-0.2, -0.15) is 0 Å². The third-order valence-electron chi connectivity index (χ3n) is 5.32. The fraction of sp³-hybridized carbons (Fsp3) is 0.391. The minimum Gasteiger partial charge on any atom is -0.376 e. The predicted octanol–water partition coefficient (Wildman–Crippen LogP) is 2.70. The third kappa shape index (κ3) is 5.86. The Morgan fingerprint density at radius 2 is 1.84 bits per heavy atom. The monoisotopic (exact) mass is 459 g/mol. The van der Waals surface area contributed by atoms with Gasteiger partial charge < -0.3 is 15.4 Å². The van der Waals surface area contributed by atoms with Crippen molar-refractivity contribution in [3.8, 4) is 0 Å². The number of nitrogens with zero attached hydrogens (tertiary/aromatic N) is 1. The van der Waals surface area contributed by atoms with Gasteiger partial charge in [0.05, 0.1) is 29.3 Å². The lowest BCUT2D eigenvalue weighted by Gasteiger charge is -2.28. The Morgan fingerprint density at radius 3 is 2.47 bits per heavy atom. The van der Waals surface area contributed by atoms with Crippen molar-refractivity contribution in [3.63, 3.8) is 0 Å². The average Bonchev–Trinajstić information content (AvgIpc) is 3.26. The van der Waals surface area contributed by atoms with E-state index in [4.69, 9.17) is 4.74 Å². The summed E-state index contributed by atoms with van der Waals surface area (Å²) < 4.78 is 31.5. The standard InChI is InChI=1S/C23H29N3O5S/c1-16-10-12-18(13-11-16)26(32(3,29)30)17(2)22(27)25-21-9-5-4-8-20(21)23(28)24-15-19-7-6-14-31-19/h4-5,8-13,17,19H,6-7,14-15H2,1-3H3,(H,24,28)(H,25,27)/t17-,19+/m1/s1. The molecule has 1 heterocycles. The maximum absolute atomic E-state index is 13.0. The maximum Gasteiger partial charge on any atom is 0.253 e. The molecule has 0 radical (unpaired) electrons. The Labute approximate surface area is 189 Å². The number of para-hydroxylation sites is 1. The summed E-state index contributed by atoms with van der Waals surface area (Å²) in [6.45, 7) is 4.50. The van der Waals surface area contributed by atoms with Gasteiger partial charge in [-0.25, -0.2) is 8.42 Å². The van der Waals surface area contributed by atoms with E-state index in [0.29, 0.717) is 30.1 Å². The number of aryl methyl sites for hydroxylation is 1. The van der Waals surface area contributed by atoms with Crippen molar-refractivity contribution >= 4 is 33.2 Å². The van der Waals surface area contributed by atoms with Crippen LogP contribution in [0.4, 0.5) is 11.4 Å². The lowest BCUT2D eigenvalue weighted by Crippen LogP contribution is -2.45. The molecule has 1 aliphatic heterocycles. The molecule has 172 valence electrons. The van der Waals surface area contributed by atoms with Crippen LogP contribution in [0.15, 0.2) is 48.5 Å². The Balaban J connectivity index is 1.76. The van der Waals surface area contributed by atoms with Gasteiger partial charge in [-0.3, -0.25) is 13.9 Å². The summed E-state index contributed by atoms with van der Waals surface area (Å²) in [6, 6.07) is 12.5. The van der Waals surface area contributed by atoms with Crippen LogP contribution < -0.4 is 14.9 Å². The van der Waals surface area contributed by atoms with E-state index in [1.165, 1.54) is 6.92 Å². The number of benzene rings is 2. The number of hydrogen-bond donors (Lipinski definition) is 2. The van der Waals surface area contributed by atoms with Crippen LogP contribution in [0.2, 0.25) is 0 Å². The first-order valence-electron chi connectivity index (χ1n) is 10.5. The molecule has 3 rings (SSSR count). The van der Waals surface area contributed by atoms with Gasteiger partial charge in [0.15, 0.2) is 0 Å². The molecule has 2 amide bonds. The number of ether oxygens (including phenoxy) is 1. The minimum atomic E-state index is -3.73. The first-order chi connectivity index (χ1) is 15.2. The van der Waals surface area contributed by atoms with Crippen molar-refractivity contribution in [2.75, 3.05) is 29.0 Å². The van der Waals surface area contributed by atoms with Gasteiger partial charge in [-0.05, 0) is 51.0 Å². The van der Waals surface area contributed by atoms with Gasteiger partial charge in [0.25, 0.3) is 5.91 Å². The van der Waals surface area contributed by atoms with E-state index in [1.54, 1.807) is 48.5 Å². The molecule has 2 aromatic rings. The summed E-state index contributed by atoms with van der Waals surface area (Å²) in [5.41, 5.74) is 1.98. The maximum atomic E-state index is 13.0. The minimum absolute atomic E-state index is 0.00134. The zero-order chi connectivity index (χ0) is 23.3. The highest BCUT2D eigenvalue weighted by molar-refractivity contribution is 7.92. The zero-order valence-corrected chi connectivity index (χ0v) is 19.3. The average molecular weight is 460 g/mol. The number of hydrogen-bond acceptors (Lipinski definition) is 5. The largest absolute Gasteiger partial charge is 0.376 e. The summed E-state index contributed by atoms with van der Waals surface area (Å²) in [5.74, 6) is -0.877. The third-order valence-corrected chi connectivity index (χ3v) is 6.56. The van der Waals surface area contributed by atoms with E-state index in [-0.39, 0.29) is 12.0 Å². The van der Waals surface area contributed by atoms with Gasteiger partial charge in [-0.15, -0.1) is 0 Å². The van der Waals surface area contributed by atoms with Crippen molar-refractivity contribution < 1.29 is 22.7 Å². The van der Waals surface area contributed by atoms with Gasteiger partial charge in [0.1, 0.15) is 6.04 Å². The van der Waals surface area contributed by atoms with Crippen LogP contribution in [0.1, 0.15) is 35.7 Å². The second-order valence-corrected chi connectivity index (χ2v) is 9.81. The first kappa shape index (κ1) is 23.7. The fourth-order valence-electron chi connectivity index (χ4n) is 3.63. The number of amides is 2. The molecular formula is C23H29N3O5S. The highest BCUT2D eigenvalue weighted by Crippen LogP contribution is 2.23. The molecule has 0 unspecified atom stereocenters. The number of carbonyl (C=O) groups excluding carboxylic acids is 2. The fourth-order valence-corrected chi connectivity index (χ4v) is 4.81. The molecule has 8 nitrogen and oxygen atoms in total. The van der Waals surface area contributed by atoms with Gasteiger partial charge in [0, 0.05) is 13.2 Å². The van der Waals surface area contributed by atoms with Crippen molar-refractivity contribution in [1.29, 1.82) is 0 Å². The highest BCUT2D eigenvalue weighted by atomic mass is 32.2. The topological polar surface area (TPSA) is 105 Å². The smallest absolute Gasteiger partial charge is 0.253 e. The molecular weight excluding hydrogens is 430 g/mol. The summed E-state index contributed by atoms with van der Waals surface area (Å²) in [5, 5.41) is 5.56. The van der Waals surface area contributed by atoms with Gasteiger partial charge in [0.2, 0.25) is 15.9 Å². The van der Waals surface area contributed by atoms with Crippen molar-refractivity contribution in [2.45, 2.75) is 38.8 Å². The number of anilines is 2. The zero-order valence-electron chi connectivity index (χ0n) is 18.5. The van der Waals surface area contributed by atoms with Gasteiger partial charge in [-0.1, -0.05) is 29.8 Å². The molecule has 2 N–H and O–H groups in total. The van der Waals surface area contributed by atoms with E-state index < -0.39 is 22.0 Å². The van der Waals surface area contributed by atoms with Gasteiger partial charge >= 0.3 is 0 Å². The Bertz CT molecular complexity index is 1060. The SMILES string of the molecule is Cc1ccc(N([C@H](C)C(=O)Nc2ccccc2C(=O)NC[C@@H]2CCCO2)S(C)(=O)=O)cc1. The number of sulfonamides is 1. The molecule has 2 aromatic carbocycles. The molecule has 2 atom stereocenters. The van der Waals surface area contributed by atoms with Crippen LogP contribution >= 0.6 is 0 Å². The van der Waals surface area contributed by atoms with E-state index in [2.05, 4.69) is 10.6 Å². The van der Waals surface area contributed by atoms with E-state index in [1.807, 2.05) is 6.92 Å². The molecule has 1 fully saturated rings. The summed E-state index contributed by atoms with van der Waals surface area (Å²) in [7, 11) is -3.73. The van der Waals surface area contributed by atoms with E-state index in [9.17, 15) is 18.0 Å². The lowest BCUT2D eigenvalue weighted by molar-refractivity contribution is -0.116. The van der Waals surface area contributed by atoms with Crippen LogP contribution in [0.3, 0.4) is 0 Å². The number of rotatable bonds is 8. The van der Waals surface area contributed by atoms with Crippen LogP contribution in [0, 0.1) is 6.92 Å². The second kappa shape index (κ2) is 10.1. The molecule has 1 saturated heterocycles. The molecule has 1 aliphatic rings. The summed E-state index contributed by atoms with van der Waals surface area (Å²) in [6.07, 6.45) is 2.93. The van der Waals surface area contributed by atoms with Crippen LogP contribution in [0.5, 0.6) is 0 Å². The van der Waals surface area contributed by atoms with Crippen molar-refractivity contribution in [3.05, 3.63) is 59.7 Å². The number of carbonyl (C=O) groups is 2. The quantitative estimate of drug-likeness (QED) is 0.632. The van der Waals surface area contributed by atoms with Crippen LogP contribution in [-0.2, 0) is 19.6 Å². The molecule has 0 saturated carbocycles. The normalized spacial score (nSPS) is 16.9.